The fourth-order valence-electron chi connectivity index (χ4n) is 2.62. The molecule has 0 aromatic carbocycles. The van der Waals surface area contributed by atoms with Crippen LogP contribution in [0.4, 0.5) is 8.78 Å². The molecule has 1 aliphatic rings. The van der Waals surface area contributed by atoms with Crippen LogP contribution in [0, 0.1) is 11.8 Å². The number of halogens is 2. The predicted octanol–water partition coefficient (Wildman–Crippen LogP) is 2.60. The molecule has 0 spiro atoms. The SMILES string of the molecule is CCCN1CC(NCC(F)F)CC(C(C)C)C1. The van der Waals surface area contributed by atoms with E-state index >= 15 is 0 Å². The summed E-state index contributed by atoms with van der Waals surface area (Å²) >= 11 is 0. The number of likely N-dealkylation sites (tertiary alicyclic amines) is 1. The molecular weight excluding hydrogens is 222 g/mol. The van der Waals surface area contributed by atoms with Crippen LogP contribution in [-0.4, -0.2) is 43.5 Å². The Hall–Kier alpha value is -0.220. The molecule has 1 aliphatic heterocycles. The third-order valence-electron chi connectivity index (χ3n) is 3.60. The van der Waals surface area contributed by atoms with Crippen molar-refractivity contribution in [3.05, 3.63) is 0 Å². The van der Waals surface area contributed by atoms with Crippen molar-refractivity contribution in [3.8, 4) is 0 Å². The van der Waals surface area contributed by atoms with E-state index in [-0.39, 0.29) is 12.6 Å². The van der Waals surface area contributed by atoms with Crippen molar-refractivity contribution in [3.63, 3.8) is 0 Å². The van der Waals surface area contributed by atoms with E-state index in [2.05, 4.69) is 31.0 Å². The van der Waals surface area contributed by atoms with Gasteiger partial charge in [-0.05, 0) is 31.2 Å². The van der Waals surface area contributed by atoms with Gasteiger partial charge in [0.2, 0.25) is 0 Å². The Morgan fingerprint density at radius 3 is 2.53 bits per heavy atom. The van der Waals surface area contributed by atoms with E-state index in [4.69, 9.17) is 0 Å². The third kappa shape index (κ3) is 5.30. The van der Waals surface area contributed by atoms with Gasteiger partial charge in [0, 0.05) is 19.1 Å². The molecule has 4 heteroatoms. The van der Waals surface area contributed by atoms with Gasteiger partial charge >= 0.3 is 0 Å². The van der Waals surface area contributed by atoms with Gasteiger partial charge in [-0.15, -0.1) is 0 Å². The lowest BCUT2D eigenvalue weighted by Gasteiger charge is -2.39. The molecule has 102 valence electrons. The molecule has 0 aromatic rings. The highest BCUT2D eigenvalue weighted by atomic mass is 19.3. The molecule has 0 aromatic heterocycles. The molecule has 1 rings (SSSR count). The van der Waals surface area contributed by atoms with Crippen LogP contribution in [0.2, 0.25) is 0 Å². The van der Waals surface area contributed by atoms with Gasteiger partial charge in [0.1, 0.15) is 0 Å². The van der Waals surface area contributed by atoms with E-state index < -0.39 is 6.43 Å². The van der Waals surface area contributed by atoms with Gasteiger partial charge in [-0.3, -0.25) is 0 Å². The Balaban J connectivity index is 2.46. The highest BCUT2D eigenvalue weighted by molar-refractivity contribution is 4.84. The molecule has 0 bridgehead atoms. The van der Waals surface area contributed by atoms with Gasteiger partial charge in [0.15, 0.2) is 0 Å². The van der Waals surface area contributed by atoms with Crippen LogP contribution in [-0.2, 0) is 0 Å². The van der Waals surface area contributed by atoms with Crippen molar-refractivity contribution >= 4 is 0 Å². The van der Waals surface area contributed by atoms with E-state index in [1.165, 1.54) is 0 Å². The average molecular weight is 248 g/mol. The molecule has 2 unspecified atom stereocenters. The summed E-state index contributed by atoms with van der Waals surface area (Å²) in [5.41, 5.74) is 0. The number of rotatable bonds is 6. The second-order valence-electron chi connectivity index (χ2n) is 5.50. The van der Waals surface area contributed by atoms with Gasteiger partial charge in [0.25, 0.3) is 6.43 Å². The first-order valence-electron chi connectivity index (χ1n) is 6.76. The van der Waals surface area contributed by atoms with Gasteiger partial charge in [-0.2, -0.15) is 0 Å². The Morgan fingerprint density at radius 1 is 1.29 bits per heavy atom. The summed E-state index contributed by atoms with van der Waals surface area (Å²) in [6.07, 6.45) is -0.0779. The minimum Gasteiger partial charge on any atom is -0.307 e. The average Bonchev–Trinajstić information content (AvgIpc) is 2.26. The second-order valence-corrected chi connectivity index (χ2v) is 5.50. The summed E-state index contributed by atoms with van der Waals surface area (Å²) in [7, 11) is 0. The van der Waals surface area contributed by atoms with Gasteiger partial charge < -0.3 is 10.2 Å². The fraction of sp³-hybridized carbons (Fsp3) is 1.00. The monoisotopic (exact) mass is 248 g/mol. The number of nitrogens with one attached hydrogen (secondary N) is 1. The first-order valence-corrected chi connectivity index (χ1v) is 6.76. The molecule has 0 amide bonds. The van der Waals surface area contributed by atoms with E-state index in [0.29, 0.717) is 11.8 Å². The number of hydrogen-bond acceptors (Lipinski definition) is 2. The second kappa shape index (κ2) is 7.27. The van der Waals surface area contributed by atoms with Crippen LogP contribution >= 0.6 is 0 Å². The molecule has 0 aliphatic carbocycles. The molecule has 17 heavy (non-hydrogen) atoms. The Labute approximate surface area is 104 Å². The van der Waals surface area contributed by atoms with E-state index in [9.17, 15) is 8.78 Å². The largest absolute Gasteiger partial charge is 0.307 e. The minimum atomic E-state index is -2.24. The topological polar surface area (TPSA) is 15.3 Å². The standard InChI is InChI=1S/C13H26F2N2/c1-4-5-17-8-11(10(2)3)6-12(9-17)16-7-13(14)15/h10-13,16H,4-9H2,1-3H3. The maximum atomic E-state index is 12.2. The zero-order chi connectivity index (χ0) is 12.8. The van der Waals surface area contributed by atoms with Crippen molar-refractivity contribution in [2.75, 3.05) is 26.2 Å². The molecule has 1 heterocycles. The molecule has 0 saturated carbocycles. The Morgan fingerprint density at radius 2 is 2.00 bits per heavy atom. The van der Waals surface area contributed by atoms with Crippen molar-refractivity contribution in [2.24, 2.45) is 11.8 Å². The first kappa shape index (κ1) is 14.8. The van der Waals surface area contributed by atoms with Crippen molar-refractivity contribution < 1.29 is 8.78 Å². The summed E-state index contributed by atoms with van der Waals surface area (Å²) in [5, 5.41) is 3.00. The molecule has 2 atom stereocenters. The van der Waals surface area contributed by atoms with Gasteiger partial charge in [-0.1, -0.05) is 20.8 Å². The van der Waals surface area contributed by atoms with Crippen molar-refractivity contribution in [1.82, 2.24) is 10.2 Å². The number of hydrogen-bond donors (Lipinski definition) is 1. The summed E-state index contributed by atoms with van der Waals surface area (Å²) in [6, 6.07) is 0.233. The van der Waals surface area contributed by atoms with Crippen LogP contribution < -0.4 is 5.32 Å². The Bertz CT molecular complexity index is 210. The summed E-state index contributed by atoms with van der Waals surface area (Å²) < 4.78 is 24.4. The van der Waals surface area contributed by atoms with Crippen LogP contribution in [0.3, 0.4) is 0 Å². The molecule has 1 saturated heterocycles. The van der Waals surface area contributed by atoms with E-state index in [0.717, 1.165) is 32.5 Å². The number of alkyl halides is 2. The maximum absolute atomic E-state index is 12.2. The van der Waals surface area contributed by atoms with Crippen molar-refractivity contribution in [1.29, 1.82) is 0 Å². The molecule has 0 radical (unpaired) electrons. The summed E-state index contributed by atoms with van der Waals surface area (Å²) in [5.74, 6) is 1.26. The molecule has 1 N–H and O–H groups in total. The number of piperidine rings is 1. The predicted molar refractivity (Wildman–Crippen MR) is 67.5 cm³/mol. The van der Waals surface area contributed by atoms with E-state index in [1.54, 1.807) is 0 Å². The quantitative estimate of drug-likeness (QED) is 0.777. The first-order chi connectivity index (χ1) is 8.02. The zero-order valence-electron chi connectivity index (χ0n) is 11.3. The lowest BCUT2D eigenvalue weighted by Crippen LogP contribution is -2.51. The van der Waals surface area contributed by atoms with Crippen LogP contribution in [0.15, 0.2) is 0 Å². The molecule has 1 fully saturated rings. The lowest BCUT2D eigenvalue weighted by molar-refractivity contribution is 0.0953. The normalized spacial score (nSPS) is 27.0. The Kier molecular flexibility index (Phi) is 6.34. The van der Waals surface area contributed by atoms with Crippen LogP contribution in [0.25, 0.3) is 0 Å². The van der Waals surface area contributed by atoms with Crippen LogP contribution in [0.1, 0.15) is 33.6 Å². The fourth-order valence-corrected chi connectivity index (χ4v) is 2.62. The summed E-state index contributed by atoms with van der Waals surface area (Å²) in [6.45, 7) is 9.57. The molecular formula is C13H26F2N2. The minimum absolute atomic E-state index is 0.171. The van der Waals surface area contributed by atoms with Gasteiger partial charge in [0.05, 0.1) is 6.54 Å². The highest BCUT2D eigenvalue weighted by Gasteiger charge is 2.28. The smallest absolute Gasteiger partial charge is 0.250 e. The third-order valence-corrected chi connectivity index (χ3v) is 3.60. The molecule has 2 nitrogen and oxygen atoms in total. The van der Waals surface area contributed by atoms with Crippen molar-refractivity contribution in [2.45, 2.75) is 46.1 Å². The number of nitrogens with zero attached hydrogens (tertiary/aromatic N) is 1. The maximum Gasteiger partial charge on any atom is 0.250 e. The summed E-state index contributed by atoms with van der Waals surface area (Å²) in [4.78, 5) is 2.41. The zero-order valence-corrected chi connectivity index (χ0v) is 11.3. The highest BCUT2D eigenvalue weighted by Crippen LogP contribution is 2.24. The van der Waals surface area contributed by atoms with Gasteiger partial charge in [-0.25, -0.2) is 8.78 Å². The van der Waals surface area contributed by atoms with E-state index in [1.807, 2.05) is 0 Å². The van der Waals surface area contributed by atoms with Crippen LogP contribution in [0.5, 0.6) is 0 Å². The lowest BCUT2D eigenvalue weighted by atomic mass is 9.85.